The van der Waals surface area contributed by atoms with Crippen LogP contribution in [0.15, 0.2) is 53.6 Å². The summed E-state index contributed by atoms with van der Waals surface area (Å²) >= 11 is 6.08. The second-order valence-electron chi connectivity index (χ2n) is 4.34. The minimum Gasteiger partial charge on any atom is -0.489 e. The van der Waals surface area contributed by atoms with Crippen molar-refractivity contribution in [3.63, 3.8) is 0 Å². The average Bonchev–Trinajstić information content (AvgIpc) is 2.52. The van der Waals surface area contributed by atoms with Gasteiger partial charge in [0.1, 0.15) is 12.4 Å². The van der Waals surface area contributed by atoms with Crippen molar-refractivity contribution >= 4 is 17.8 Å². The fraction of sp³-hybridized carbons (Fsp3) is 0.188. The van der Waals surface area contributed by atoms with Crippen molar-refractivity contribution in [1.29, 1.82) is 0 Å². The van der Waals surface area contributed by atoms with Crippen molar-refractivity contribution in [3.05, 3.63) is 64.7 Å². The Kier molecular flexibility index (Phi) is 6.06. The Labute approximate surface area is 129 Å². The first kappa shape index (κ1) is 15.4. The van der Waals surface area contributed by atoms with Crippen LogP contribution in [0.2, 0.25) is 5.02 Å². The molecule has 2 N–H and O–H groups in total. The molecule has 21 heavy (non-hydrogen) atoms. The summed E-state index contributed by atoms with van der Waals surface area (Å²) in [7, 11) is 0. The van der Waals surface area contributed by atoms with E-state index in [0.29, 0.717) is 18.2 Å². The summed E-state index contributed by atoms with van der Waals surface area (Å²) in [6.07, 6.45) is 1.69. The largest absolute Gasteiger partial charge is 0.489 e. The van der Waals surface area contributed by atoms with Crippen molar-refractivity contribution in [3.8, 4) is 5.75 Å². The van der Waals surface area contributed by atoms with Crippen LogP contribution >= 0.6 is 11.6 Å². The predicted molar refractivity (Wildman–Crippen MR) is 84.9 cm³/mol. The van der Waals surface area contributed by atoms with Crippen molar-refractivity contribution in [2.45, 2.75) is 6.61 Å². The van der Waals surface area contributed by atoms with Crippen LogP contribution in [0.1, 0.15) is 11.1 Å². The number of rotatable bonds is 7. The summed E-state index contributed by atoms with van der Waals surface area (Å²) in [5.41, 5.74) is 4.63. The first-order valence-electron chi connectivity index (χ1n) is 6.62. The second-order valence-corrected chi connectivity index (χ2v) is 4.75. The topological polar surface area (TPSA) is 53.8 Å². The Morgan fingerprint density at radius 2 is 1.90 bits per heavy atom. The lowest BCUT2D eigenvalue weighted by Gasteiger charge is -2.07. The molecule has 5 heteroatoms. The van der Waals surface area contributed by atoms with Gasteiger partial charge in [-0.3, -0.25) is 0 Å². The van der Waals surface area contributed by atoms with Gasteiger partial charge in [-0.25, -0.2) is 0 Å². The van der Waals surface area contributed by atoms with Gasteiger partial charge in [-0.2, -0.15) is 5.10 Å². The van der Waals surface area contributed by atoms with E-state index in [1.807, 2.05) is 48.5 Å². The van der Waals surface area contributed by atoms with E-state index in [1.54, 1.807) is 6.21 Å². The van der Waals surface area contributed by atoms with Gasteiger partial charge < -0.3 is 15.3 Å². The molecule has 2 rings (SSSR count). The molecule has 0 aromatic heterocycles. The summed E-state index contributed by atoms with van der Waals surface area (Å²) in [5, 5.41) is 13.3. The molecule has 0 aliphatic rings. The van der Waals surface area contributed by atoms with Crippen LogP contribution in [0.4, 0.5) is 0 Å². The highest BCUT2D eigenvalue weighted by Crippen LogP contribution is 2.18. The van der Waals surface area contributed by atoms with Crippen LogP contribution in [0.25, 0.3) is 0 Å². The first-order valence-corrected chi connectivity index (χ1v) is 7.00. The SMILES string of the molecule is OCCNN=Cc1ccc(OCc2ccccc2Cl)cc1. The number of benzene rings is 2. The van der Waals surface area contributed by atoms with Gasteiger partial charge in [0.05, 0.1) is 19.4 Å². The maximum atomic E-state index is 8.61. The third-order valence-electron chi connectivity index (χ3n) is 2.76. The molecule has 0 radical (unpaired) electrons. The average molecular weight is 305 g/mol. The summed E-state index contributed by atoms with van der Waals surface area (Å²) in [5.74, 6) is 0.774. The van der Waals surface area contributed by atoms with Crippen LogP contribution in [-0.2, 0) is 6.61 Å². The molecule has 0 aliphatic heterocycles. The lowest BCUT2D eigenvalue weighted by molar-refractivity contribution is 0.294. The van der Waals surface area contributed by atoms with Crippen LogP contribution in [0, 0.1) is 0 Å². The van der Waals surface area contributed by atoms with Crippen molar-refractivity contribution in [2.75, 3.05) is 13.2 Å². The Morgan fingerprint density at radius 3 is 2.62 bits per heavy atom. The Balaban J connectivity index is 1.88. The minimum atomic E-state index is 0.0617. The fourth-order valence-corrected chi connectivity index (χ4v) is 1.85. The van der Waals surface area contributed by atoms with E-state index in [0.717, 1.165) is 16.9 Å². The number of hydrogen-bond acceptors (Lipinski definition) is 4. The van der Waals surface area contributed by atoms with Gasteiger partial charge >= 0.3 is 0 Å². The third-order valence-corrected chi connectivity index (χ3v) is 3.13. The number of hydrogen-bond donors (Lipinski definition) is 2. The number of nitrogens with one attached hydrogen (secondary N) is 1. The van der Waals surface area contributed by atoms with Crippen LogP contribution in [-0.4, -0.2) is 24.5 Å². The summed E-state index contributed by atoms with van der Waals surface area (Å²) < 4.78 is 5.69. The highest BCUT2D eigenvalue weighted by atomic mass is 35.5. The minimum absolute atomic E-state index is 0.0617. The molecule has 4 nitrogen and oxygen atoms in total. The fourth-order valence-electron chi connectivity index (χ4n) is 1.66. The zero-order valence-electron chi connectivity index (χ0n) is 11.5. The maximum Gasteiger partial charge on any atom is 0.119 e. The Morgan fingerprint density at radius 1 is 1.14 bits per heavy atom. The third kappa shape index (κ3) is 5.10. The normalized spacial score (nSPS) is 10.8. The molecule has 0 heterocycles. The number of ether oxygens (including phenoxy) is 1. The number of halogens is 1. The smallest absolute Gasteiger partial charge is 0.119 e. The predicted octanol–water partition coefficient (Wildman–Crippen LogP) is 2.83. The van der Waals surface area contributed by atoms with E-state index < -0.39 is 0 Å². The first-order chi connectivity index (χ1) is 10.3. The lowest BCUT2D eigenvalue weighted by Crippen LogP contribution is -2.11. The summed E-state index contributed by atoms with van der Waals surface area (Å²) in [6.45, 7) is 0.937. The van der Waals surface area contributed by atoms with Crippen molar-refractivity contribution in [1.82, 2.24) is 5.43 Å². The number of aliphatic hydroxyl groups excluding tert-OH is 1. The van der Waals surface area contributed by atoms with Crippen molar-refractivity contribution in [2.24, 2.45) is 5.10 Å². The van der Waals surface area contributed by atoms with E-state index in [-0.39, 0.29) is 6.61 Å². The van der Waals surface area contributed by atoms with Gasteiger partial charge in [0.25, 0.3) is 0 Å². The monoisotopic (exact) mass is 304 g/mol. The lowest BCUT2D eigenvalue weighted by atomic mass is 10.2. The van der Waals surface area contributed by atoms with Gasteiger partial charge in [0.2, 0.25) is 0 Å². The molecule has 110 valence electrons. The van der Waals surface area contributed by atoms with E-state index in [2.05, 4.69) is 10.5 Å². The maximum absolute atomic E-state index is 8.61. The van der Waals surface area contributed by atoms with Crippen molar-refractivity contribution < 1.29 is 9.84 Å². The zero-order valence-corrected chi connectivity index (χ0v) is 12.3. The van der Waals surface area contributed by atoms with Crippen LogP contribution < -0.4 is 10.2 Å². The molecule has 0 spiro atoms. The quantitative estimate of drug-likeness (QED) is 0.470. The second kappa shape index (κ2) is 8.29. The molecule has 0 aliphatic carbocycles. The molecular formula is C16H17ClN2O2. The van der Waals surface area contributed by atoms with Gasteiger partial charge in [-0.05, 0) is 35.9 Å². The molecule has 0 bridgehead atoms. The van der Waals surface area contributed by atoms with Crippen LogP contribution in [0.3, 0.4) is 0 Å². The van der Waals surface area contributed by atoms with Gasteiger partial charge in [0, 0.05) is 10.6 Å². The van der Waals surface area contributed by atoms with Gasteiger partial charge in [0.15, 0.2) is 0 Å². The highest BCUT2D eigenvalue weighted by molar-refractivity contribution is 6.31. The Hall–Kier alpha value is -2.04. The summed E-state index contributed by atoms with van der Waals surface area (Å²) in [4.78, 5) is 0. The molecule has 0 atom stereocenters. The number of aliphatic hydroxyl groups is 1. The Bertz CT molecular complexity index is 585. The highest BCUT2D eigenvalue weighted by Gasteiger charge is 2.00. The molecule has 0 unspecified atom stereocenters. The van der Waals surface area contributed by atoms with E-state index in [4.69, 9.17) is 21.4 Å². The standard InChI is InChI=1S/C16H17ClN2O2/c17-16-4-2-1-3-14(16)12-21-15-7-5-13(6-8-15)11-19-18-9-10-20/h1-8,11,18,20H,9-10,12H2. The van der Waals surface area contributed by atoms with Gasteiger partial charge in [-0.1, -0.05) is 29.8 Å². The molecule has 0 saturated carbocycles. The zero-order chi connectivity index (χ0) is 14.9. The van der Waals surface area contributed by atoms with Crippen LogP contribution in [0.5, 0.6) is 5.75 Å². The summed E-state index contributed by atoms with van der Waals surface area (Å²) in [6, 6.07) is 15.2. The molecule has 2 aromatic rings. The number of hydrazone groups is 1. The van der Waals surface area contributed by atoms with E-state index in [9.17, 15) is 0 Å². The molecule has 0 fully saturated rings. The molecule has 0 saturated heterocycles. The van der Waals surface area contributed by atoms with E-state index >= 15 is 0 Å². The molecule has 0 amide bonds. The molecule has 2 aromatic carbocycles. The van der Waals surface area contributed by atoms with E-state index in [1.165, 1.54) is 0 Å². The van der Waals surface area contributed by atoms with Gasteiger partial charge in [-0.15, -0.1) is 0 Å². The molecular weight excluding hydrogens is 288 g/mol. The number of nitrogens with zero attached hydrogens (tertiary/aromatic N) is 1.